The Hall–Kier alpha value is -0.681. The number of ketones is 1. The molecule has 1 aromatic carbocycles. The minimum absolute atomic E-state index is 0.212. The van der Waals surface area contributed by atoms with Gasteiger partial charge < -0.3 is 0 Å². The van der Waals surface area contributed by atoms with Gasteiger partial charge in [0, 0.05) is 0 Å². The molecule has 0 saturated carbocycles. The number of carbonyl (C=O) groups is 1. The van der Waals surface area contributed by atoms with Crippen LogP contribution in [0.4, 0.5) is 0 Å². The Labute approximate surface area is 113 Å². The number of Topliss-reactive ketones (excluding diaryl/α,β-unsaturated/α-hetero) is 1. The van der Waals surface area contributed by atoms with Gasteiger partial charge >= 0.3 is 114 Å². The number of dihydropyridines is 1. The van der Waals surface area contributed by atoms with E-state index >= 15 is 0 Å². The van der Waals surface area contributed by atoms with Crippen molar-refractivity contribution in [2.24, 2.45) is 0 Å². The molecule has 17 heavy (non-hydrogen) atoms. The van der Waals surface area contributed by atoms with Crippen molar-refractivity contribution in [3.63, 3.8) is 0 Å². The molecule has 84 valence electrons. The second kappa shape index (κ2) is 4.53. The summed E-state index contributed by atoms with van der Waals surface area (Å²) in [6.07, 6.45) is 6.12. The first kappa shape index (κ1) is 11.4. The third-order valence-corrected chi connectivity index (χ3v) is 8.24. The third kappa shape index (κ3) is 1.76. The summed E-state index contributed by atoms with van der Waals surface area (Å²) in [5, 5.41) is 3.12. The van der Waals surface area contributed by atoms with Crippen LogP contribution >= 0.6 is 8.95 Å². The van der Waals surface area contributed by atoms with Gasteiger partial charge in [0.2, 0.25) is 0 Å². The summed E-state index contributed by atoms with van der Waals surface area (Å²) in [5.74, 6) is 0.212. The second-order valence-corrected chi connectivity index (χ2v) is 11.3. The first-order chi connectivity index (χ1) is 8.33. The van der Waals surface area contributed by atoms with Gasteiger partial charge in [0.25, 0.3) is 0 Å². The van der Waals surface area contributed by atoms with Gasteiger partial charge in [0.05, 0.1) is 0 Å². The van der Waals surface area contributed by atoms with E-state index in [9.17, 15) is 4.79 Å². The molecule has 4 heteroatoms. The van der Waals surface area contributed by atoms with Gasteiger partial charge in [-0.25, -0.2) is 0 Å². The summed E-state index contributed by atoms with van der Waals surface area (Å²) in [6.45, 7) is 0.818. The monoisotopic (exact) mass is 349 g/mol. The second-order valence-electron chi connectivity index (χ2n) is 3.95. The summed E-state index contributed by atoms with van der Waals surface area (Å²) in [7, 11) is 1.92. The van der Waals surface area contributed by atoms with E-state index in [4.69, 9.17) is 0 Å². The predicted octanol–water partition coefficient (Wildman–Crippen LogP) is 1.36. The van der Waals surface area contributed by atoms with Crippen molar-refractivity contribution < 1.29 is 4.79 Å². The fourth-order valence-electron chi connectivity index (χ4n) is 2.30. The number of hydrogen-bond donors (Lipinski definition) is 1. The van der Waals surface area contributed by atoms with Gasteiger partial charge in [0.15, 0.2) is 0 Å². The van der Waals surface area contributed by atoms with E-state index in [-0.39, 0.29) is 5.78 Å². The molecular formula is C13H11NOSSn. The van der Waals surface area contributed by atoms with Gasteiger partial charge in [-0.05, 0) is 0 Å². The molecule has 0 atom stereocenters. The Morgan fingerprint density at radius 2 is 2.24 bits per heavy atom. The molecule has 0 bridgehead atoms. The number of nitrogens with one attached hydrogen (secondary N) is 1. The molecule has 1 N–H and O–H groups in total. The van der Waals surface area contributed by atoms with Crippen molar-refractivity contribution in [3.05, 3.63) is 47.2 Å². The van der Waals surface area contributed by atoms with Crippen LogP contribution < -0.4 is 8.90 Å². The molecule has 1 heterocycles. The minimum atomic E-state index is -0.657. The van der Waals surface area contributed by atoms with Gasteiger partial charge in [0.1, 0.15) is 0 Å². The van der Waals surface area contributed by atoms with Crippen LogP contribution in [0, 0.1) is 0 Å². The van der Waals surface area contributed by atoms with E-state index < -0.39 is 19.8 Å². The summed E-state index contributed by atoms with van der Waals surface area (Å²) in [6, 6.07) is 6.30. The van der Waals surface area contributed by atoms with Crippen molar-refractivity contribution in [2.75, 3.05) is 12.8 Å². The maximum atomic E-state index is 12.4. The molecule has 2 radical (unpaired) electrons. The van der Waals surface area contributed by atoms with Crippen molar-refractivity contribution in [1.29, 1.82) is 0 Å². The zero-order valence-electron chi connectivity index (χ0n) is 9.41. The molecular weight excluding hydrogens is 337 g/mol. The van der Waals surface area contributed by atoms with E-state index in [1.165, 1.54) is 3.58 Å². The Morgan fingerprint density at radius 1 is 1.35 bits per heavy atom. The molecule has 1 aliphatic heterocycles. The molecule has 2 nitrogen and oxygen atoms in total. The number of carbonyl (C=O) groups excluding carboxylic acids is 1. The van der Waals surface area contributed by atoms with Crippen LogP contribution in [0.5, 0.6) is 0 Å². The van der Waals surface area contributed by atoms with Gasteiger partial charge in [-0.3, -0.25) is 0 Å². The zero-order chi connectivity index (χ0) is 11.8. The van der Waals surface area contributed by atoms with E-state index in [2.05, 4.69) is 35.8 Å². The third-order valence-electron chi connectivity index (χ3n) is 3.00. The van der Waals surface area contributed by atoms with Crippen molar-refractivity contribution in [3.8, 4) is 0 Å². The molecule has 0 aromatic heterocycles. The van der Waals surface area contributed by atoms with Crippen LogP contribution in [0.25, 0.3) is 5.57 Å². The van der Waals surface area contributed by atoms with Crippen LogP contribution in [-0.2, 0) is 0 Å². The van der Waals surface area contributed by atoms with Crippen molar-refractivity contribution in [1.82, 2.24) is 5.32 Å². The van der Waals surface area contributed by atoms with E-state index in [0.717, 1.165) is 28.8 Å². The molecule has 0 fully saturated rings. The molecule has 0 saturated heterocycles. The fourth-order valence-corrected chi connectivity index (χ4v) is 7.02. The van der Waals surface area contributed by atoms with Crippen LogP contribution in [-0.4, -0.2) is 38.3 Å². The van der Waals surface area contributed by atoms with Gasteiger partial charge in [-0.15, -0.1) is 0 Å². The number of allylic oxidation sites excluding steroid dienone is 2. The first-order valence-electron chi connectivity index (χ1n) is 5.44. The molecule has 1 aromatic rings. The molecule has 0 unspecified atom stereocenters. The number of benzene rings is 1. The van der Waals surface area contributed by atoms with Gasteiger partial charge in [-0.1, -0.05) is 0 Å². The SMILES string of the molecule is C[S][Sn][c]1cccc2c1C(=O)C1=CNCC=C12. The van der Waals surface area contributed by atoms with E-state index in [0.29, 0.717) is 0 Å². The summed E-state index contributed by atoms with van der Waals surface area (Å²) < 4.78 is 1.32. The molecule has 1 aliphatic carbocycles. The van der Waals surface area contributed by atoms with Crippen LogP contribution in [0.15, 0.2) is 36.0 Å². The average Bonchev–Trinajstić information content (AvgIpc) is 2.66. The normalized spacial score (nSPS) is 16.9. The standard InChI is InChI=1S/C12H8NO.CH4S.Sn/c14-12-10-4-2-1-3-8(10)9-5-6-13-7-11(9)12;1-2;/h1-3,5,7,13H,6H2;2H,1H3;/q;;+1/p-1. The average molecular weight is 348 g/mol. The number of rotatable bonds is 2. The van der Waals surface area contributed by atoms with Gasteiger partial charge in [-0.2, -0.15) is 0 Å². The Kier molecular flexibility index (Phi) is 3.04. The van der Waals surface area contributed by atoms with E-state index in [1.54, 1.807) is 0 Å². The Morgan fingerprint density at radius 3 is 3.06 bits per heavy atom. The number of hydrogen-bond acceptors (Lipinski definition) is 3. The summed E-state index contributed by atoms with van der Waals surface area (Å²) in [5.41, 5.74) is 4.11. The molecule has 0 amide bonds. The van der Waals surface area contributed by atoms with Crippen molar-refractivity contribution >= 4 is 43.6 Å². The fraction of sp³-hybridized carbons (Fsp3) is 0.154. The number of fused-ring (bicyclic) bond motifs is 3. The molecule has 0 spiro atoms. The first-order valence-corrected chi connectivity index (χ1v) is 11.6. The van der Waals surface area contributed by atoms with Crippen LogP contribution in [0.2, 0.25) is 0 Å². The zero-order valence-corrected chi connectivity index (χ0v) is 13.1. The van der Waals surface area contributed by atoms with E-state index in [1.807, 2.05) is 15.1 Å². The molecule has 2 aliphatic rings. The Bertz CT molecular complexity index is 563. The van der Waals surface area contributed by atoms with Crippen LogP contribution in [0.1, 0.15) is 15.9 Å². The Balaban J connectivity index is 2.21. The van der Waals surface area contributed by atoms with Crippen molar-refractivity contribution in [2.45, 2.75) is 0 Å². The topological polar surface area (TPSA) is 29.1 Å². The summed E-state index contributed by atoms with van der Waals surface area (Å²) >= 11 is -0.657. The maximum absolute atomic E-state index is 12.4. The van der Waals surface area contributed by atoms with Crippen LogP contribution in [0.3, 0.4) is 0 Å². The quantitative estimate of drug-likeness (QED) is 0.819. The summed E-state index contributed by atoms with van der Waals surface area (Å²) in [4.78, 5) is 12.4. The predicted molar refractivity (Wildman–Crippen MR) is 73.7 cm³/mol. The molecule has 3 rings (SSSR count).